The Bertz CT molecular complexity index is 865. The fraction of sp³-hybridized carbons (Fsp3) is 0.619. The highest BCUT2D eigenvalue weighted by atomic mass is 32.2. The summed E-state index contributed by atoms with van der Waals surface area (Å²) in [6.07, 6.45) is 1.36. The Kier molecular flexibility index (Phi) is 8.69. The van der Waals surface area contributed by atoms with Crippen LogP contribution in [0.1, 0.15) is 44.0 Å². The number of nitrogens with one attached hydrogen (secondary N) is 2. The number of hydrogen-bond donors (Lipinski definition) is 2. The standard InChI is InChI=1S/C21H33N3O6S/c1-6-31(27,28)23-16-8-7-9-24(13-16)21(26)19(14(2)3)22-20(25)15-10-17(29-4)12-18(11-15)30-5/h10-12,14,16,19,23H,6-9,13H2,1-5H3,(H,22,25)/t16-,19+/m1/s1. The van der Waals surface area contributed by atoms with Gasteiger partial charge in [-0.15, -0.1) is 0 Å². The summed E-state index contributed by atoms with van der Waals surface area (Å²) in [5.41, 5.74) is 0.321. The maximum Gasteiger partial charge on any atom is 0.252 e. The van der Waals surface area contributed by atoms with Crippen LogP contribution in [-0.2, 0) is 14.8 Å². The van der Waals surface area contributed by atoms with Crippen molar-refractivity contribution in [2.45, 2.75) is 45.7 Å². The van der Waals surface area contributed by atoms with Crippen molar-refractivity contribution < 1.29 is 27.5 Å². The normalized spacial score (nSPS) is 17.9. The van der Waals surface area contributed by atoms with E-state index in [1.54, 1.807) is 30.0 Å². The number of hydrogen-bond acceptors (Lipinski definition) is 6. The minimum absolute atomic E-state index is 0.00781. The lowest BCUT2D eigenvalue weighted by Crippen LogP contribution is -2.56. The number of carbonyl (C=O) groups excluding carboxylic acids is 2. The molecule has 174 valence electrons. The van der Waals surface area contributed by atoms with Crippen LogP contribution in [0.4, 0.5) is 0 Å². The molecule has 1 aliphatic heterocycles. The first kappa shape index (κ1) is 24.9. The van der Waals surface area contributed by atoms with Crippen LogP contribution in [-0.4, -0.2) is 70.3 Å². The molecule has 0 aliphatic carbocycles. The van der Waals surface area contributed by atoms with Gasteiger partial charge in [0.15, 0.2) is 0 Å². The molecule has 1 heterocycles. The molecule has 1 saturated heterocycles. The number of nitrogens with zero attached hydrogens (tertiary/aromatic N) is 1. The number of amides is 2. The molecule has 0 aromatic heterocycles. The molecular weight excluding hydrogens is 422 g/mol. The van der Waals surface area contributed by atoms with E-state index in [2.05, 4.69) is 10.0 Å². The average molecular weight is 456 g/mol. The number of ether oxygens (including phenoxy) is 2. The van der Waals surface area contributed by atoms with Crippen LogP contribution in [0.5, 0.6) is 11.5 Å². The molecule has 2 N–H and O–H groups in total. The summed E-state index contributed by atoms with van der Waals surface area (Å²) in [6, 6.07) is 3.75. The second-order valence-electron chi connectivity index (χ2n) is 7.94. The molecule has 9 nitrogen and oxygen atoms in total. The van der Waals surface area contributed by atoms with Gasteiger partial charge >= 0.3 is 0 Å². The SMILES string of the molecule is CCS(=O)(=O)N[C@@H]1CCCN(C(=O)[C@@H](NC(=O)c2cc(OC)cc(OC)c2)C(C)C)C1. The minimum Gasteiger partial charge on any atom is -0.497 e. The first-order chi connectivity index (χ1) is 14.6. The molecule has 1 fully saturated rings. The molecule has 0 saturated carbocycles. The van der Waals surface area contributed by atoms with Crippen molar-refractivity contribution in [3.05, 3.63) is 23.8 Å². The molecule has 0 unspecified atom stereocenters. The van der Waals surface area contributed by atoms with Crippen molar-refractivity contribution in [1.29, 1.82) is 0 Å². The van der Waals surface area contributed by atoms with Gasteiger partial charge in [0.25, 0.3) is 5.91 Å². The Labute approximate surface area is 184 Å². The molecule has 10 heteroatoms. The second-order valence-corrected chi connectivity index (χ2v) is 9.98. The minimum atomic E-state index is -3.35. The molecule has 2 amide bonds. The largest absolute Gasteiger partial charge is 0.497 e. The average Bonchev–Trinajstić information content (AvgIpc) is 2.76. The zero-order valence-electron chi connectivity index (χ0n) is 18.8. The highest BCUT2D eigenvalue weighted by Crippen LogP contribution is 2.23. The van der Waals surface area contributed by atoms with Crippen LogP contribution in [0.25, 0.3) is 0 Å². The summed E-state index contributed by atoms with van der Waals surface area (Å²) in [6.45, 7) is 6.10. The van der Waals surface area contributed by atoms with Crippen molar-refractivity contribution in [3.8, 4) is 11.5 Å². The first-order valence-electron chi connectivity index (χ1n) is 10.4. The summed E-state index contributed by atoms with van der Waals surface area (Å²) >= 11 is 0. The number of methoxy groups -OCH3 is 2. The Hall–Kier alpha value is -2.33. The third-order valence-electron chi connectivity index (χ3n) is 5.29. The maximum absolute atomic E-state index is 13.2. The van der Waals surface area contributed by atoms with Gasteiger partial charge in [-0.3, -0.25) is 9.59 Å². The lowest BCUT2D eigenvalue weighted by molar-refractivity contribution is -0.135. The highest BCUT2D eigenvalue weighted by molar-refractivity contribution is 7.89. The van der Waals surface area contributed by atoms with Gasteiger partial charge in [0.05, 0.1) is 20.0 Å². The van der Waals surface area contributed by atoms with Gasteiger partial charge in [0.2, 0.25) is 15.9 Å². The molecule has 2 rings (SSSR count). The van der Waals surface area contributed by atoms with E-state index in [9.17, 15) is 18.0 Å². The summed E-state index contributed by atoms with van der Waals surface area (Å²) < 4.78 is 36.9. The first-order valence-corrected chi connectivity index (χ1v) is 12.1. The summed E-state index contributed by atoms with van der Waals surface area (Å²) in [5.74, 6) is 0.143. The van der Waals surface area contributed by atoms with Gasteiger partial charge in [0, 0.05) is 30.8 Å². The van der Waals surface area contributed by atoms with E-state index in [1.165, 1.54) is 14.2 Å². The number of carbonyl (C=O) groups is 2. The van der Waals surface area contributed by atoms with Crippen molar-refractivity contribution in [2.24, 2.45) is 5.92 Å². The Balaban J connectivity index is 2.14. The topological polar surface area (TPSA) is 114 Å². The van der Waals surface area contributed by atoms with Gasteiger partial charge < -0.3 is 19.7 Å². The summed E-state index contributed by atoms with van der Waals surface area (Å²) in [4.78, 5) is 27.7. The van der Waals surface area contributed by atoms with Crippen LogP contribution >= 0.6 is 0 Å². The van der Waals surface area contributed by atoms with E-state index in [0.717, 1.165) is 0 Å². The maximum atomic E-state index is 13.2. The van der Waals surface area contributed by atoms with Crippen molar-refractivity contribution in [3.63, 3.8) is 0 Å². The fourth-order valence-corrected chi connectivity index (χ4v) is 4.35. The third kappa shape index (κ3) is 6.83. The predicted molar refractivity (Wildman–Crippen MR) is 118 cm³/mol. The molecule has 1 aromatic carbocycles. The lowest BCUT2D eigenvalue weighted by atomic mass is 9.99. The van der Waals surface area contributed by atoms with E-state index in [0.29, 0.717) is 36.4 Å². The van der Waals surface area contributed by atoms with Crippen molar-refractivity contribution in [2.75, 3.05) is 33.1 Å². The van der Waals surface area contributed by atoms with E-state index < -0.39 is 22.0 Å². The van der Waals surface area contributed by atoms with Crippen LogP contribution in [0.15, 0.2) is 18.2 Å². The van der Waals surface area contributed by atoms with E-state index in [-0.39, 0.29) is 30.2 Å². The van der Waals surface area contributed by atoms with Gasteiger partial charge in [-0.25, -0.2) is 13.1 Å². The smallest absolute Gasteiger partial charge is 0.252 e. The van der Waals surface area contributed by atoms with Crippen LogP contribution in [0.3, 0.4) is 0 Å². The van der Waals surface area contributed by atoms with E-state index >= 15 is 0 Å². The lowest BCUT2D eigenvalue weighted by Gasteiger charge is -2.36. The van der Waals surface area contributed by atoms with Gasteiger partial charge in [-0.1, -0.05) is 13.8 Å². The Morgan fingerprint density at radius 2 is 1.77 bits per heavy atom. The number of piperidine rings is 1. The molecule has 31 heavy (non-hydrogen) atoms. The molecule has 2 atom stereocenters. The summed E-state index contributed by atoms with van der Waals surface area (Å²) in [7, 11) is -0.362. The second kappa shape index (κ2) is 10.8. The molecule has 0 bridgehead atoms. The van der Waals surface area contributed by atoms with Gasteiger partial charge in [0.1, 0.15) is 17.5 Å². The highest BCUT2D eigenvalue weighted by Gasteiger charge is 2.33. The van der Waals surface area contributed by atoms with Gasteiger partial charge in [-0.05, 0) is 37.8 Å². The molecule has 1 aliphatic rings. The Morgan fingerprint density at radius 1 is 1.16 bits per heavy atom. The molecule has 1 aromatic rings. The zero-order valence-corrected chi connectivity index (χ0v) is 19.6. The molecular formula is C21H33N3O6S. The van der Waals surface area contributed by atoms with E-state index in [1.807, 2.05) is 13.8 Å². The number of sulfonamides is 1. The van der Waals surface area contributed by atoms with Crippen LogP contribution in [0.2, 0.25) is 0 Å². The van der Waals surface area contributed by atoms with Crippen LogP contribution in [0, 0.1) is 5.92 Å². The number of rotatable bonds is 9. The quantitative estimate of drug-likeness (QED) is 0.582. The molecule has 0 spiro atoms. The Morgan fingerprint density at radius 3 is 2.29 bits per heavy atom. The molecule has 0 radical (unpaired) electrons. The zero-order chi connectivity index (χ0) is 23.2. The van der Waals surface area contributed by atoms with Crippen molar-refractivity contribution >= 4 is 21.8 Å². The van der Waals surface area contributed by atoms with E-state index in [4.69, 9.17) is 9.47 Å². The predicted octanol–water partition coefficient (Wildman–Crippen LogP) is 1.39. The third-order valence-corrected chi connectivity index (χ3v) is 6.74. The number of benzene rings is 1. The van der Waals surface area contributed by atoms with Crippen LogP contribution < -0.4 is 19.5 Å². The summed E-state index contributed by atoms with van der Waals surface area (Å²) in [5, 5.41) is 2.83. The van der Waals surface area contributed by atoms with Crippen molar-refractivity contribution in [1.82, 2.24) is 14.9 Å². The number of likely N-dealkylation sites (tertiary alicyclic amines) is 1. The van der Waals surface area contributed by atoms with Gasteiger partial charge in [-0.2, -0.15) is 0 Å². The fourth-order valence-electron chi connectivity index (χ4n) is 3.48. The monoisotopic (exact) mass is 455 g/mol.